The lowest BCUT2D eigenvalue weighted by molar-refractivity contribution is -0.384. The number of ether oxygens (including phenoxy) is 2. The van der Waals surface area contributed by atoms with Gasteiger partial charge in [-0.15, -0.1) is 10.2 Å². The Hall–Kier alpha value is -3.53. The van der Waals surface area contributed by atoms with Crippen LogP contribution >= 0.6 is 11.3 Å². The molecule has 0 amide bonds. The summed E-state index contributed by atoms with van der Waals surface area (Å²) in [6, 6.07) is 10.3. The number of anilines is 1. The summed E-state index contributed by atoms with van der Waals surface area (Å²) < 4.78 is 11.1. The van der Waals surface area contributed by atoms with Gasteiger partial charge in [0.2, 0.25) is 11.9 Å². The lowest BCUT2D eigenvalue weighted by atomic mass is 9.94. The molecule has 5 rings (SSSR count). The molecule has 9 nitrogen and oxygen atoms in total. The first-order valence-electron chi connectivity index (χ1n) is 9.35. The van der Waals surface area contributed by atoms with Gasteiger partial charge < -0.3 is 9.47 Å². The molecule has 0 saturated heterocycles. The molecular weight excluding hydrogens is 406 g/mol. The number of benzene rings is 2. The minimum atomic E-state index is -0.414. The number of rotatable bonds is 3. The molecule has 2 aliphatic rings. The van der Waals surface area contributed by atoms with E-state index < -0.39 is 4.92 Å². The quantitative estimate of drug-likeness (QED) is 0.467. The zero-order valence-electron chi connectivity index (χ0n) is 16.2. The van der Waals surface area contributed by atoms with Crippen molar-refractivity contribution in [3.8, 4) is 11.5 Å². The molecule has 1 aromatic heterocycles. The molecular formula is C20H17N5O4S. The maximum atomic E-state index is 11.1. The van der Waals surface area contributed by atoms with Gasteiger partial charge in [-0.25, -0.2) is 5.01 Å². The maximum absolute atomic E-state index is 11.1. The average molecular weight is 423 g/mol. The van der Waals surface area contributed by atoms with E-state index in [9.17, 15) is 10.1 Å². The van der Waals surface area contributed by atoms with Crippen LogP contribution in [0.3, 0.4) is 0 Å². The van der Waals surface area contributed by atoms with E-state index in [1.807, 2.05) is 24.1 Å². The van der Waals surface area contributed by atoms with Gasteiger partial charge in [0, 0.05) is 23.3 Å². The van der Waals surface area contributed by atoms with Crippen molar-refractivity contribution in [3.05, 3.63) is 68.2 Å². The minimum Gasteiger partial charge on any atom is -0.454 e. The molecule has 0 fully saturated rings. The molecule has 3 heterocycles. The van der Waals surface area contributed by atoms with Crippen molar-refractivity contribution >= 4 is 27.9 Å². The van der Waals surface area contributed by atoms with Crippen molar-refractivity contribution in [1.82, 2.24) is 10.2 Å². The summed E-state index contributed by atoms with van der Waals surface area (Å²) in [4.78, 5) is 10.7. The van der Waals surface area contributed by atoms with E-state index in [0.717, 1.165) is 21.7 Å². The fourth-order valence-electron chi connectivity index (χ4n) is 3.60. The second kappa shape index (κ2) is 7.06. The van der Waals surface area contributed by atoms with E-state index >= 15 is 0 Å². The Labute approximate surface area is 175 Å². The summed E-state index contributed by atoms with van der Waals surface area (Å²) >= 11 is 1.47. The predicted octanol–water partition coefficient (Wildman–Crippen LogP) is 3.69. The van der Waals surface area contributed by atoms with Gasteiger partial charge in [-0.2, -0.15) is 5.10 Å². The smallest absolute Gasteiger partial charge is 0.269 e. The summed E-state index contributed by atoms with van der Waals surface area (Å²) in [7, 11) is 0. The Balaban J connectivity index is 1.68. The first kappa shape index (κ1) is 18.5. The van der Waals surface area contributed by atoms with E-state index in [2.05, 4.69) is 17.1 Å². The van der Waals surface area contributed by atoms with Gasteiger partial charge in [0.15, 0.2) is 11.5 Å². The number of non-ortho nitro benzene ring substituents is 1. The summed E-state index contributed by atoms with van der Waals surface area (Å²) in [5.74, 6) is 1.38. The highest BCUT2D eigenvalue weighted by atomic mass is 32.1. The normalized spacial score (nSPS) is 17.3. The lowest BCUT2D eigenvalue weighted by Crippen LogP contribution is -2.29. The van der Waals surface area contributed by atoms with Crippen LogP contribution in [0.2, 0.25) is 0 Å². The molecule has 1 atom stereocenters. The fraction of sp³-hybridized carbons (Fsp3) is 0.250. The molecule has 30 heavy (non-hydrogen) atoms. The fourth-order valence-corrected chi connectivity index (χ4v) is 4.34. The summed E-state index contributed by atoms with van der Waals surface area (Å²) in [5, 5.41) is 27.8. The van der Waals surface area contributed by atoms with Crippen LogP contribution < -0.4 is 14.5 Å². The first-order chi connectivity index (χ1) is 14.5. The molecule has 0 aliphatic carbocycles. The molecule has 1 unspecified atom stereocenters. The van der Waals surface area contributed by atoms with Crippen molar-refractivity contribution in [2.75, 3.05) is 11.8 Å². The van der Waals surface area contributed by atoms with Crippen LogP contribution in [0.4, 0.5) is 10.8 Å². The lowest BCUT2D eigenvalue weighted by Gasteiger charge is -2.21. The summed E-state index contributed by atoms with van der Waals surface area (Å²) in [6.07, 6.45) is 0.713. The van der Waals surface area contributed by atoms with Gasteiger partial charge in [0.1, 0.15) is 5.01 Å². The zero-order chi connectivity index (χ0) is 20.8. The van der Waals surface area contributed by atoms with Crippen LogP contribution in [-0.2, 0) is 6.42 Å². The second-order valence-corrected chi connectivity index (χ2v) is 8.28. The van der Waals surface area contributed by atoms with E-state index in [1.165, 1.54) is 23.5 Å². The molecule has 0 radical (unpaired) electrons. The molecule has 152 valence electrons. The highest BCUT2D eigenvalue weighted by Crippen LogP contribution is 2.38. The summed E-state index contributed by atoms with van der Waals surface area (Å²) in [5.41, 5.74) is 3.46. The number of fused-ring (bicyclic) bond motifs is 2. The molecule has 0 N–H and O–H groups in total. The number of hydrazone groups is 1. The van der Waals surface area contributed by atoms with Crippen LogP contribution in [0.25, 0.3) is 0 Å². The van der Waals surface area contributed by atoms with E-state index in [-0.39, 0.29) is 18.5 Å². The van der Waals surface area contributed by atoms with E-state index in [4.69, 9.17) is 14.6 Å². The van der Waals surface area contributed by atoms with Gasteiger partial charge in [0.05, 0.1) is 16.7 Å². The van der Waals surface area contributed by atoms with Crippen LogP contribution in [0, 0.1) is 17.0 Å². The molecule has 2 aliphatic heterocycles. The Morgan fingerprint density at radius 2 is 1.90 bits per heavy atom. The molecule has 3 aromatic rings. The largest absolute Gasteiger partial charge is 0.454 e. The third kappa shape index (κ3) is 3.14. The molecule has 0 bridgehead atoms. The van der Waals surface area contributed by atoms with Gasteiger partial charge in [0.25, 0.3) is 5.69 Å². The van der Waals surface area contributed by atoms with Gasteiger partial charge in [-0.1, -0.05) is 11.3 Å². The predicted molar refractivity (Wildman–Crippen MR) is 112 cm³/mol. The van der Waals surface area contributed by atoms with E-state index in [1.54, 1.807) is 12.1 Å². The van der Waals surface area contributed by atoms with Crippen molar-refractivity contribution in [2.24, 2.45) is 5.10 Å². The SMILES string of the molecule is Cc1nnc(N2N=C(c3ccc([N+](=O)[O-])cc3)c3cc4c(cc3CC2C)OCO4)s1. The van der Waals surface area contributed by atoms with Crippen LogP contribution in [0.5, 0.6) is 11.5 Å². The average Bonchev–Trinajstić information content (AvgIpc) is 3.33. The van der Waals surface area contributed by atoms with Crippen molar-refractivity contribution in [1.29, 1.82) is 0 Å². The monoisotopic (exact) mass is 423 g/mol. The number of aromatic nitrogens is 2. The highest BCUT2D eigenvalue weighted by molar-refractivity contribution is 7.15. The van der Waals surface area contributed by atoms with Gasteiger partial charge >= 0.3 is 0 Å². The van der Waals surface area contributed by atoms with Crippen molar-refractivity contribution in [2.45, 2.75) is 26.3 Å². The Bertz CT molecular complexity index is 1170. The Morgan fingerprint density at radius 3 is 2.57 bits per heavy atom. The van der Waals surface area contributed by atoms with Crippen LogP contribution in [0.1, 0.15) is 28.6 Å². The van der Waals surface area contributed by atoms with Gasteiger partial charge in [-0.3, -0.25) is 10.1 Å². The topological polar surface area (TPSA) is 103 Å². The number of nitro benzene ring substituents is 1. The second-order valence-electron chi connectivity index (χ2n) is 7.12. The number of nitrogens with zero attached hydrogens (tertiary/aromatic N) is 5. The molecule has 0 saturated carbocycles. The number of hydrogen-bond donors (Lipinski definition) is 0. The standard InChI is InChI=1S/C20H17N5O4S/c1-11-7-14-8-17-18(29-10-28-17)9-16(14)19(13-3-5-15(6-4-13)25(26)27)23-24(11)20-22-21-12(2)30-20/h3-6,8-9,11H,7,10H2,1-2H3. The Kier molecular flexibility index (Phi) is 4.35. The summed E-state index contributed by atoms with van der Waals surface area (Å²) in [6.45, 7) is 4.17. The van der Waals surface area contributed by atoms with Crippen LogP contribution in [-0.4, -0.2) is 33.7 Å². The molecule has 0 spiro atoms. The van der Waals surface area contributed by atoms with Crippen LogP contribution in [0.15, 0.2) is 41.5 Å². The maximum Gasteiger partial charge on any atom is 0.269 e. The van der Waals surface area contributed by atoms with Gasteiger partial charge in [-0.05, 0) is 50.1 Å². The Morgan fingerprint density at radius 1 is 1.17 bits per heavy atom. The highest BCUT2D eigenvalue weighted by Gasteiger charge is 2.29. The number of hydrogen-bond acceptors (Lipinski definition) is 9. The third-order valence-electron chi connectivity index (χ3n) is 5.06. The number of nitro groups is 1. The van der Waals surface area contributed by atoms with E-state index in [0.29, 0.717) is 28.8 Å². The molecule has 2 aromatic carbocycles. The van der Waals surface area contributed by atoms with Crippen molar-refractivity contribution in [3.63, 3.8) is 0 Å². The molecule has 10 heteroatoms. The minimum absolute atomic E-state index is 0.0204. The zero-order valence-corrected chi connectivity index (χ0v) is 17.0. The van der Waals surface area contributed by atoms with Crippen molar-refractivity contribution < 1.29 is 14.4 Å². The number of aryl methyl sites for hydroxylation is 1. The first-order valence-corrected chi connectivity index (χ1v) is 10.2. The third-order valence-corrected chi connectivity index (χ3v) is 5.89.